The van der Waals surface area contributed by atoms with E-state index >= 15 is 0 Å². The van der Waals surface area contributed by atoms with Gasteiger partial charge in [-0.3, -0.25) is 4.79 Å². The maximum absolute atomic E-state index is 12.2. The highest BCUT2D eigenvalue weighted by molar-refractivity contribution is 7.15. The Balaban J connectivity index is 1.49. The number of carbonyl (C=O) groups is 1. The molecular weight excluding hydrogens is 354 g/mol. The Labute approximate surface area is 164 Å². The molecule has 0 saturated heterocycles. The van der Waals surface area contributed by atoms with Crippen molar-refractivity contribution >= 4 is 28.1 Å². The van der Waals surface area contributed by atoms with Gasteiger partial charge in [-0.25, -0.2) is 4.98 Å². The molecule has 1 heterocycles. The van der Waals surface area contributed by atoms with Crippen molar-refractivity contribution < 1.29 is 4.79 Å². The zero-order valence-electron chi connectivity index (χ0n) is 16.0. The largest absolute Gasteiger partial charge is 0.376 e. The summed E-state index contributed by atoms with van der Waals surface area (Å²) < 4.78 is 0. The molecule has 0 radical (unpaired) electrons. The van der Waals surface area contributed by atoms with Crippen molar-refractivity contribution in [2.45, 2.75) is 33.1 Å². The summed E-state index contributed by atoms with van der Waals surface area (Å²) in [5.41, 5.74) is 4.72. The van der Waals surface area contributed by atoms with Crippen LogP contribution >= 0.6 is 11.3 Å². The normalized spacial score (nSPS) is 10.8. The Kier molecular flexibility index (Phi) is 6.24. The maximum Gasteiger partial charge on any atom is 0.245 e. The minimum absolute atomic E-state index is 0.0980. The zero-order valence-corrected chi connectivity index (χ0v) is 16.8. The first-order valence-corrected chi connectivity index (χ1v) is 9.95. The highest BCUT2D eigenvalue weighted by Gasteiger charge is 2.08. The predicted molar refractivity (Wildman–Crippen MR) is 114 cm³/mol. The lowest BCUT2D eigenvalue weighted by Gasteiger charge is -2.09. The third-order valence-electron chi connectivity index (χ3n) is 4.33. The third kappa shape index (κ3) is 5.66. The Hall–Kier alpha value is -2.66. The molecule has 0 atom stereocenters. The first-order valence-electron chi connectivity index (χ1n) is 9.13. The number of aromatic nitrogens is 1. The van der Waals surface area contributed by atoms with Crippen LogP contribution in [-0.2, 0) is 11.2 Å². The number of anilines is 2. The van der Waals surface area contributed by atoms with E-state index in [2.05, 4.69) is 72.8 Å². The molecule has 5 heteroatoms. The minimum Gasteiger partial charge on any atom is -0.376 e. The van der Waals surface area contributed by atoms with Crippen LogP contribution in [0.4, 0.5) is 10.8 Å². The fourth-order valence-corrected chi connectivity index (χ4v) is 3.55. The van der Waals surface area contributed by atoms with E-state index in [0.717, 1.165) is 17.0 Å². The van der Waals surface area contributed by atoms with Gasteiger partial charge in [0.25, 0.3) is 0 Å². The standard InChI is InChI=1S/C22H25N3OS/c1-15(2)18-8-10-19(11-9-18)23-14-21(26)25-22-24-13-20(27-22)12-17-6-4-16(3)5-7-17/h4-11,13,15,23H,12,14H2,1-3H3,(H,24,25,26). The maximum atomic E-state index is 12.2. The van der Waals surface area contributed by atoms with Gasteiger partial charge in [-0.05, 0) is 36.1 Å². The minimum atomic E-state index is -0.0980. The number of rotatable bonds is 7. The number of hydrogen-bond donors (Lipinski definition) is 2. The molecule has 0 spiro atoms. The number of aryl methyl sites for hydroxylation is 1. The molecule has 140 valence electrons. The van der Waals surface area contributed by atoms with Gasteiger partial charge in [-0.2, -0.15) is 0 Å². The summed E-state index contributed by atoms with van der Waals surface area (Å²) in [5, 5.41) is 6.65. The van der Waals surface area contributed by atoms with Gasteiger partial charge in [-0.15, -0.1) is 11.3 Å². The molecule has 0 aliphatic carbocycles. The van der Waals surface area contributed by atoms with E-state index in [0.29, 0.717) is 11.0 Å². The zero-order chi connectivity index (χ0) is 19.2. The fourth-order valence-electron chi connectivity index (χ4n) is 2.69. The van der Waals surface area contributed by atoms with E-state index in [4.69, 9.17) is 0 Å². The van der Waals surface area contributed by atoms with Gasteiger partial charge in [0, 0.05) is 23.2 Å². The van der Waals surface area contributed by atoms with Crippen molar-refractivity contribution in [2.75, 3.05) is 17.2 Å². The summed E-state index contributed by atoms with van der Waals surface area (Å²) in [6.45, 7) is 6.62. The molecule has 3 rings (SSSR count). The molecule has 27 heavy (non-hydrogen) atoms. The topological polar surface area (TPSA) is 54.0 Å². The Morgan fingerprint density at radius 1 is 1.07 bits per heavy atom. The van der Waals surface area contributed by atoms with Gasteiger partial charge in [-0.1, -0.05) is 55.8 Å². The van der Waals surface area contributed by atoms with Gasteiger partial charge >= 0.3 is 0 Å². The van der Waals surface area contributed by atoms with Crippen LogP contribution in [0.25, 0.3) is 0 Å². The second-order valence-electron chi connectivity index (χ2n) is 6.97. The molecule has 0 aliphatic rings. The Bertz CT molecular complexity index is 883. The molecule has 0 saturated carbocycles. The highest BCUT2D eigenvalue weighted by atomic mass is 32.1. The number of nitrogens with zero attached hydrogens (tertiary/aromatic N) is 1. The molecule has 0 fully saturated rings. The summed E-state index contributed by atoms with van der Waals surface area (Å²) in [4.78, 5) is 17.6. The highest BCUT2D eigenvalue weighted by Crippen LogP contribution is 2.21. The van der Waals surface area contributed by atoms with E-state index in [9.17, 15) is 4.79 Å². The van der Waals surface area contributed by atoms with E-state index in [1.54, 1.807) is 0 Å². The number of nitrogens with one attached hydrogen (secondary N) is 2. The van der Waals surface area contributed by atoms with E-state index < -0.39 is 0 Å². The van der Waals surface area contributed by atoms with Gasteiger partial charge in [0.2, 0.25) is 5.91 Å². The molecule has 4 nitrogen and oxygen atoms in total. The molecule has 2 N–H and O–H groups in total. The number of benzene rings is 2. The quantitative estimate of drug-likeness (QED) is 0.592. The molecule has 2 aromatic carbocycles. The number of carbonyl (C=O) groups excluding carboxylic acids is 1. The number of amides is 1. The molecule has 1 amide bonds. The summed E-state index contributed by atoms with van der Waals surface area (Å²) in [7, 11) is 0. The van der Waals surface area contributed by atoms with Crippen LogP contribution in [0.2, 0.25) is 0 Å². The van der Waals surface area contributed by atoms with E-state index in [1.807, 2.05) is 18.3 Å². The van der Waals surface area contributed by atoms with Crippen LogP contribution in [0, 0.1) is 6.92 Å². The molecule has 3 aromatic rings. The Morgan fingerprint density at radius 2 is 1.78 bits per heavy atom. The second kappa shape index (κ2) is 8.82. The average Bonchev–Trinajstić information content (AvgIpc) is 3.09. The van der Waals surface area contributed by atoms with Crippen LogP contribution in [0.5, 0.6) is 0 Å². The summed E-state index contributed by atoms with van der Waals surface area (Å²) in [6.07, 6.45) is 2.66. The van der Waals surface area contributed by atoms with Crippen molar-refractivity contribution in [3.63, 3.8) is 0 Å². The second-order valence-corrected chi connectivity index (χ2v) is 8.09. The first-order chi connectivity index (χ1) is 13.0. The molecule has 0 bridgehead atoms. The van der Waals surface area contributed by atoms with Crippen LogP contribution in [-0.4, -0.2) is 17.4 Å². The van der Waals surface area contributed by atoms with Crippen molar-refractivity contribution in [1.82, 2.24) is 4.98 Å². The smallest absolute Gasteiger partial charge is 0.245 e. The molecule has 0 unspecified atom stereocenters. The van der Waals surface area contributed by atoms with Crippen LogP contribution in [0.1, 0.15) is 41.3 Å². The van der Waals surface area contributed by atoms with Crippen LogP contribution in [0.3, 0.4) is 0 Å². The van der Waals surface area contributed by atoms with Gasteiger partial charge in [0.1, 0.15) is 0 Å². The molecular formula is C22H25N3OS. The average molecular weight is 380 g/mol. The third-order valence-corrected chi connectivity index (χ3v) is 5.24. The lowest BCUT2D eigenvalue weighted by atomic mass is 10.0. The van der Waals surface area contributed by atoms with Crippen molar-refractivity contribution in [1.29, 1.82) is 0 Å². The van der Waals surface area contributed by atoms with Gasteiger partial charge in [0.15, 0.2) is 5.13 Å². The lowest BCUT2D eigenvalue weighted by Crippen LogP contribution is -2.21. The van der Waals surface area contributed by atoms with Crippen molar-refractivity contribution in [3.05, 3.63) is 76.3 Å². The van der Waals surface area contributed by atoms with Gasteiger partial charge in [0.05, 0.1) is 6.54 Å². The summed E-state index contributed by atoms with van der Waals surface area (Å²) in [5.74, 6) is 0.403. The van der Waals surface area contributed by atoms with Gasteiger partial charge < -0.3 is 10.6 Å². The monoisotopic (exact) mass is 379 g/mol. The lowest BCUT2D eigenvalue weighted by molar-refractivity contribution is -0.114. The number of thiazole rings is 1. The van der Waals surface area contributed by atoms with Crippen molar-refractivity contribution in [3.8, 4) is 0 Å². The molecule has 0 aliphatic heterocycles. The van der Waals surface area contributed by atoms with Crippen LogP contribution in [0.15, 0.2) is 54.7 Å². The SMILES string of the molecule is Cc1ccc(Cc2cnc(NC(=O)CNc3ccc(C(C)C)cc3)s2)cc1. The van der Waals surface area contributed by atoms with Crippen LogP contribution < -0.4 is 10.6 Å². The first kappa shape index (κ1) is 19.1. The predicted octanol–water partition coefficient (Wildman–Crippen LogP) is 5.22. The Morgan fingerprint density at radius 3 is 2.44 bits per heavy atom. The summed E-state index contributed by atoms with van der Waals surface area (Å²) >= 11 is 1.52. The van der Waals surface area contributed by atoms with Crippen molar-refractivity contribution in [2.24, 2.45) is 0 Å². The fraction of sp³-hybridized carbons (Fsp3) is 0.273. The number of hydrogen-bond acceptors (Lipinski definition) is 4. The summed E-state index contributed by atoms with van der Waals surface area (Å²) in [6, 6.07) is 16.7. The van der Waals surface area contributed by atoms with E-state index in [1.165, 1.54) is 28.0 Å². The molecule has 1 aromatic heterocycles. The van der Waals surface area contributed by atoms with E-state index in [-0.39, 0.29) is 12.5 Å².